The fourth-order valence-electron chi connectivity index (χ4n) is 1.32. The summed E-state index contributed by atoms with van der Waals surface area (Å²) in [6.45, 7) is 6.36. The third-order valence-electron chi connectivity index (χ3n) is 2.07. The zero-order chi connectivity index (χ0) is 8.97. The number of benzene rings is 1. The van der Waals surface area contributed by atoms with Crippen molar-refractivity contribution in [1.82, 2.24) is 0 Å². The van der Waals surface area contributed by atoms with Gasteiger partial charge in [0.25, 0.3) is 0 Å². The van der Waals surface area contributed by atoms with E-state index in [2.05, 4.69) is 51.1 Å². The summed E-state index contributed by atoms with van der Waals surface area (Å²) in [6.07, 6.45) is 5.35. The van der Waals surface area contributed by atoms with Crippen molar-refractivity contribution in [3.63, 3.8) is 0 Å². The molecule has 0 radical (unpaired) electrons. The van der Waals surface area contributed by atoms with Crippen LogP contribution < -0.4 is 0 Å². The maximum atomic E-state index is 2.23. The lowest BCUT2D eigenvalue weighted by Gasteiger charge is -2.03. The van der Waals surface area contributed by atoms with Gasteiger partial charge in [0.15, 0.2) is 0 Å². The Hall–Kier alpha value is -1.04. The number of aryl methyl sites for hydroxylation is 2. The van der Waals surface area contributed by atoms with Crippen molar-refractivity contribution >= 4 is 0 Å². The SMILES string of the molecule is C/C=C/Cc1ccc(C)cc1C. The number of allylic oxidation sites excluding steroid dienone is 2. The Morgan fingerprint density at radius 1 is 1.25 bits per heavy atom. The molecular weight excluding hydrogens is 144 g/mol. The molecule has 1 aromatic carbocycles. The van der Waals surface area contributed by atoms with Crippen LogP contribution in [-0.4, -0.2) is 0 Å². The molecule has 0 nitrogen and oxygen atoms in total. The van der Waals surface area contributed by atoms with E-state index in [1.54, 1.807) is 0 Å². The van der Waals surface area contributed by atoms with Gasteiger partial charge in [-0.1, -0.05) is 35.9 Å². The zero-order valence-electron chi connectivity index (χ0n) is 8.09. The van der Waals surface area contributed by atoms with Crippen molar-refractivity contribution in [2.24, 2.45) is 0 Å². The molecule has 0 spiro atoms. The fourth-order valence-corrected chi connectivity index (χ4v) is 1.32. The summed E-state index contributed by atoms with van der Waals surface area (Å²) in [7, 11) is 0. The van der Waals surface area contributed by atoms with Gasteiger partial charge in [0.05, 0.1) is 0 Å². The summed E-state index contributed by atoms with van der Waals surface area (Å²) >= 11 is 0. The highest BCUT2D eigenvalue weighted by Gasteiger charge is 1.94. The van der Waals surface area contributed by atoms with E-state index in [9.17, 15) is 0 Å². The second kappa shape index (κ2) is 4.10. The Morgan fingerprint density at radius 2 is 2.00 bits per heavy atom. The molecule has 0 amide bonds. The molecule has 0 N–H and O–H groups in total. The van der Waals surface area contributed by atoms with Crippen molar-refractivity contribution < 1.29 is 0 Å². The van der Waals surface area contributed by atoms with Crippen molar-refractivity contribution in [2.45, 2.75) is 27.2 Å². The molecule has 0 aliphatic heterocycles. The minimum Gasteiger partial charge on any atom is -0.0913 e. The minimum atomic E-state index is 1.06. The number of hydrogen-bond donors (Lipinski definition) is 0. The monoisotopic (exact) mass is 160 g/mol. The number of hydrogen-bond acceptors (Lipinski definition) is 0. The summed E-state index contributed by atoms with van der Waals surface area (Å²) < 4.78 is 0. The Morgan fingerprint density at radius 3 is 2.58 bits per heavy atom. The molecule has 0 saturated heterocycles. The lowest BCUT2D eigenvalue weighted by Crippen LogP contribution is -1.87. The van der Waals surface area contributed by atoms with Crippen molar-refractivity contribution in [2.75, 3.05) is 0 Å². The van der Waals surface area contributed by atoms with E-state index < -0.39 is 0 Å². The highest BCUT2D eigenvalue weighted by molar-refractivity contribution is 5.31. The Balaban J connectivity index is 2.86. The smallest absolute Gasteiger partial charge is 0.00949 e. The number of rotatable bonds is 2. The van der Waals surface area contributed by atoms with E-state index in [4.69, 9.17) is 0 Å². The van der Waals surface area contributed by atoms with E-state index in [0.29, 0.717) is 0 Å². The highest BCUT2D eigenvalue weighted by Crippen LogP contribution is 2.11. The fraction of sp³-hybridized carbons (Fsp3) is 0.333. The molecule has 12 heavy (non-hydrogen) atoms. The van der Waals surface area contributed by atoms with E-state index in [0.717, 1.165) is 6.42 Å². The Kier molecular flexibility index (Phi) is 3.09. The standard InChI is InChI=1S/C12H16/c1-4-5-6-12-8-7-10(2)9-11(12)3/h4-5,7-9H,6H2,1-3H3/b5-4+. The molecule has 0 heteroatoms. The van der Waals surface area contributed by atoms with Gasteiger partial charge in [0, 0.05) is 0 Å². The first-order chi connectivity index (χ1) is 5.74. The lowest BCUT2D eigenvalue weighted by molar-refractivity contribution is 1.19. The molecule has 0 atom stereocenters. The van der Waals surface area contributed by atoms with Gasteiger partial charge in [-0.25, -0.2) is 0 Å². The van der Waals surface area contributed by atoms with Gasteiger partial charge in [0.1, 0.15) is 0 Å². The molecule has 1 aromatic rings. The average Bonchev–Trinajstić information content (AvgIpc) is 2.03. The molecule has 0 fully saturated rings. The highest BCUT2D eigenvalue weighted by atomic mass is 14.0. The molecule has 0 bridgehead atoms. The lowest BCUT2D eigenvalue weighted by atomic mass is 10.0. The minimum absolute atomic E-state index is 1.06. The van der Waals surface area contributed by atoms with Crippen LogP contribution in [0.25, 0.3) is 0 Å². The van der Waals surface area contributed by atoms with E-state index in [1.165, 1.54) is 16.7 Å². The van der Waals surface area contributed by atoms with Crippen molar-refractivity contribution in [1.29, 1.82) is 0 Å². The molecule has 0 aliphatic carbocycles. The van der Waals surface area contributed by atoms with Crippen LogP contribution in [0.5, 0.6) is 0 Å². The topological polar surface area (TPSA) is 0 Å². The van der Waals surface area contributed by atoms with Crippen LogP contribution in [0.4, 0.5) is 0 Å². The van der Waals surface area contributed by atoms with E-state index >= 15 is 0 Å². The summed E-state index contributed by atoms with van der Waals surface area (Å²) in [4.78, 5) is 0. The first-order valence-electron chi connectivity index (χ1n) is 4.41. The van der Waals surface area contributed by atoms with Crippen LogP contribution in [0.2, 0.25) is 0 Å². The van der Waals surface area contributed by atoms with Crippen LogP contribution in [0.15, 0.2) is 30.4 Å². The Labute approximate surface area is 74.9 Å². The van der Waals surface area contributed by atoms with Gasteiger partial charge in [0.2, 0.25) is 0 Å². The van der Waals surface area contributed by atoms with Crippen molar-refractivity contribution in [3.8, 4) is 0 Å². The molecule has 0 aliphatic rings. The quantitative estimate of drug-likeness (QED) is 0.581. The van der Waals surface area contributed by atoms with Gasteiger partial charge in [-0.05, 0) is 38.3 Å². The third kappa shape index (κ3) is 2.23. The first-order valence-corrected chi connectivity index (χ1v) is 4.41. The second-order valence-electron chi connectivity index (χ2n) is 3.20. The van der Waals surface area contributed by atoms with E-state index in [-0.39, 0.29) is 0 Å². The predicted molar refractivity (Wildman–Crippen MR) is 54.4 cm³/mol. The molecular formula is C12H16. The van der Waals surface area contributed by atoms with Gasteiger partial charge in [-0.2, -0.15) is 0 Å². The van der Waals surface area contributed by atoms with Gasteiger partial charge < -0.3 is 0 Å². The summed E-state index contributed by atoms with van der Waals surface area (Å²) in [5.74, 6) is 0. The molecule has 0 unspecified atom stereocenters. The second-order valence-corrected chi connectivity index (χ2v) is 3.20. The summed E-state index contributed by atoms with van der Waals surface area (Å²) in [5.41, 5.74) is 4.17. The van der Waals surface area contributed by atoms with Crippen LogP contribution >= 0.6 is 0 Å². The first kappa shape index (κ1) is 9.05. The molecule has 0 heterocycles. The predicted octanol–water partition coefficient (Wildman–Crippen LogP) is 3.42. The van der Waals surface area contributed by atoms with Crippen LogP contribution in [0.3, 0.4) is 0 Å². The van der Waals surface area contributed by atoms with Gasteiger partial charge in [-0.3, -0.25) is 0 Å². The molecule has 0 aromatic heterocycles. The largest absolute Gasteiger partial charge is 0.0913 e. The Bertz CT molecular complexity index is 282. The maximum Gasteiger partial charge on any atom is -0.00949 e. The zero-order valence-corrected chi connectivity index (χ0v) is 8.09. The van der Waals surface area contributed by atoms with Crippen molar-refractivity contribution in [3.05, 3.63) is 47.0 Å². The van der Waals surface area contributed by atoms with Gasteiger partial charge in [-0.15, -0.1) is 0 Å². The summed E-state index contributed by atoms with van der Waals surface area (Å²) in [5, 5.41) is 0. The average molecular weight is 160 g/mol. The summed E-state index contributed by atoms with van der Waals surface area (Å²) in [6, 6.07) is 6.62. The van der Waals surface area contributed by atoms with Crippen LogP contribution in [0.1, 0.15) is 23.6 Å². The molecule has 1 rings (SSSR count). The molecule has 64 valence electrons. The van der Waals surface area contributed by atoms with Crippen LogP contribution in [0, 0.1) is 13.8 Å². The maximum absolute atomic E-state index is 2.23. The van der Waals surface area contributed by atoms with Gasteiger partial charge >= 0.3 is 0 Å². The third-order valence-corrected chi connectivity index (χ3v) is 2.07. The normalized spacial score (nSPS) is 10.9. The van der Waals surface area contributed by atoms with E-state index in [1.807, 2.05) is 0 Å². The van der Waals surface area contributed by atoms with Crippen LogP contribution in [-0.2, 0) is 6.42 Å². The molecule has 0 saturated carbocycles.